The molecule has 2 aromatic carbocycles. The first-order valence-electron chi connectivity index (χ1n) is 7.37. The number of aryl methyl sites for hydroxylation is 2. The summed E-state index contributed by atoms with van der Waals surface area (Å²) in [4.78, 5) is 0. The van der Waals surface area contributed by atoms with Crippen molar-refractivity contribution in [2.75, 3.05) is 6.61 Å². The van der Waals surface area contributed by atoms with E-state index in [2.05, 4.69) is 0 Å². The normalized spacial score (nSPS) is 12.4. The van der Waals surface area contributed by atoms with Crippen LogP contribution in [0.25, 0.3) is 0 Å². The molecule has 0 heterocycles. The fourth-order valence-corrected chi connectivity index (χ4v) is 2.46. The van der Waals surface area contributed by atoms with E-state index in [9.17, 15) is 8.78 Å². The SMILES string of the molecule is Cc1cc([C@@H](N)C(F)(F)CO)cc(C)c1OCc1ccccc1.Cl. The largest absolute Gasteiger partial charge is 0.488 e. The number of benzene rings is 2. The molecule has 0 unspecified atom stereocenters. The van der Waals surface area contributed by atoms with Crippen LogP contribution in [0.5, 0.6) is 5.75 Å². The fourth-order valence-electron chi connectivity index (χ4n) is 2.46. The summed E-state index contributed by atoms with van der Waals surface area (Å²) in [5, 5.41) is 8.77. The van der Waals surface area contributed by atoms with Gasteiger partial charge in [-0.3, -0.25) is 0 Å². The Labute approximate surface area is 146 Å². The minimum Gasteiger partial charge on any atom is -0.488 e. The first-order chi connectivity index (χ1) is 10.8. The molecule has 3 N–H and O–H groups in total. The molecule has 24 heavy (non-hydrogen) atoms. The lowest BCUT2D eigenvalue weighted by atomic mass is 9.97. The Morgan fingerprint density at radius 2 is 1.67 bits per heavy atom. The Balaban J connectivity index is 0.00000288. The van der Waals surface area contributed by atoms with E-state index in [-0.39, 0.29) is 18.0 Å². The molecule has 2 rings (SSSR count). The Morgan fingerprint density at radius 1 is 1.12 bits per heavy atom. The van der Waals surface area contributed by atoms with E-state index in [0.717, 1.165) is 16.7 Å². The zero-order valence-corrected chi connectivity index (χ0v) is 14.4. The van der Waals surface area contributed by atoms with E-state index in [1.54, 1.807) is 26.0 Å². The number of alkyl halides is 2. The molecule has 0 aromatic heterocycles. The third-order valence-electron chi connectivity index (χ3n) is 3.73. The zero-order chi connectivity index (χ0) is 17.0. The van der Waals surface area contributed by atoms with Crippen molar-refractivity contribution in [1.82, 2.24) is 0 Å². The van der Waals surface area contributed by atoms with Crippen LogP contribution in [0.1, 0.15) is 28.3 Å². The van der Waals surface area contributed by atoms with Gasteiger partial charge in [0.25, 0.3) is 5.92 Å². The third-order valence-corrected chi connectivity index (χ3v) is 3.73. The van der Waals surface area contributed by atoms with Gasteiger partial charge in [-0.2, -0.15) is 0 Å². The van der Waals surface area contributed by atoms with Gasteiger partial charge < -0.3 is 15.6 Å². The van der Waals surface area contributed by atoms with Gasteiger partial charge in [-0.15, -0.1) is 12.4 Å². The van der Waals surface area contributed by atoms with Crippen LogP contribution in [0.15, 0.2) is 42.5 Å². The van der Waals surface area contributed by atoms with Crippen molar-refractivity contribution in [1.29, 1.82) is 0 Å². The predicted molar refractivity (Wildman–Crippen MR) is 92.9 cm³/mol. The van der Waals surface area contributed by atoms with Crippen molar-refractivity contribution in [3.05, 3.63) is 64.7 Å². The standard InChI is InChI=1S/C18H21F2NO2.ClH/c1-12-8-15(17(21)18(19,20)11-22)9-13(2)16(12)23-10-14-6-4-3-5-7-14;/h3-9,17,22H,10-11,21H2,1-2H3;1H/t17-;/m1./s1. The maximum absolute atomic E-state index is 13.6. The summed E-state index contributed by atoms with van der Waals surface area (Å²) in [5.41, 5.74) is 8.37. The van der Waals surface area contributed by atoms with Gasteiger partial charge in [-0.05, 0) is 36.1 Å². The molecule has 6 heteroatoms. The topological polar surface area (TPSA) is 55.5 Å². The lowest BCUT2D eigenvalue weighted by Crippen LogP contribution is -2.36. The highest BCUT2D eigenvalue weighted by Gasteiger charge is 2.37. The lowest BCUT2D eigenvalue weighted by Gasteiger charge is -2.23. The molecular formula is C18H22ClF2NO2. The predicted octanol–water partition coefficient (Wildman–Crippen LogP) is 3.93. The Kier molecular flexibility index (Phi) is 7.14. The second-order valence-electron chi connectivity index (χ2n) is 5.65. The number of hydrogen-bond donors (Lipinski definition) is 2. The van der Waals surface area contributed by atoms with Gasteiger partial charge in [-0.1, -0.05) is 42.5 Å². The Hall–Kier alpha value is -1.69. The minimum absolute atomic E-state index is 0. The molecule has 3 nitrogen and oxygen atoms in total. The van der Waals surface area contributed by atoms with Crippen molar-refractivity contribution in [3.8, 4) is 5.75 Å². The van der Waals surface area contributed by atoms with E-state index in [1.807, 2.05) is 30.3 Å². The fraction of sp³-hybridized carbons (Fsp3) is 0.333. The summed E-state index contributed by atoms with van der Waals surface area (Å²) in [7, 11) is 0. The summed E-state index contributed by atoms with van der Waals surface area (Å²) in [6.45, 7) is 2.71. The van der Waals surface area contributed by atoms with Crippen molar-refractivity contribution < 1.29 is 18.6 Å². The monoisotopic (exact) mass is 357 g/mol. The third kappa shape index (κ3) is 4.66. The van der Waals surface area contributed by atoms with Crippen LogP contribution in [0.4, 0.5) is 8.78 Å². The van der Waals surface area contributed by atoms with Crippen LogP contribution < -0.4 is 10.5 Å². The molecule has 0 aliphatic carbocycles. The van der Waals surface area contributed by atoms with Gasteiger partial charge in [0, 0.05) is 0 Å². The van der Waals surface area contributed by atoms with E-state index >= 15 is 0 Å². The van der Waals surface area contributed by atoms with Crippen LogP contribution in [-0.4, -0.2) is 17.6 Å². The number of hydrogen-bond acceptors (Lipinski definition) is 3. The maximum Gasteiger partial charge on any atom is 0.289 e. The molecule has 0 fully saturated rings. The quantitative estimate of drug-likeness (QED) is 0.823. The summed E-state index contributed by atoms with van der Waals surface area (Å²) < 4.78 is 32.9. The van der Waals surface area contributed by atoms with Crippen molar-refractivity contribution in [2.24, 2.45) is 5.73 Å². The Bertz CT molecular complexity index is 642. The number of aliphatic hydroxyl groups is 1. The molecule has 1 atom stereocenters. The molecule has 0 saturated heterocycles. The van der Waals surface area contributed by atoms with Gasteiger partial charge in [0.15, 0.2) is 0 Å². The van der Waals surface area contributed by atoms with E-state index in [4.69, 9.17) is 15.6 Å². The highest BCUT2D eigenvalue weighted by Crippen LogP contribution is 2.33. The molecular weight excluding hydrogens is 336 g/mol. The first-order valence-corrected chi connectivity index (χ1v) is 7.37. The summed E-state index contributed by atoms with van der Waals surface area (Å²) in [5.74, 6) is -2.69. The molecule has 0 bridgehead atoms. The average molecular weight is 358 g/mol. The van der Waals surface area contributed by atoms with Crippen LogP contribution in [-0.2, 0) is 6.61 Å². The molecule has 0 aliphatic rings. The van der Waals surface area contributed by atoms with Gasteiger partial charge in [0.2, 0.25) is 0 Å². The number of aliphatic hydroxyl groups excluding tert-OH is 1. The highest BCUT2D eigenvalue weighted by atomic mass is 35.5. The van der Waals surface area contributed by atoms with Gasteiger partial charge in [0.1, 0.15) is 19.0 Å². The molecule has 132 valence electrons. The molecule has 0 saturated carbocycles. The number of nitrogens with two attached hydrogens (primary N) is 1. The van der Waals surface area contributed by atoms with Crippen LogP contribution in [0.3, 0.4) is 0 Å². The molecule has 0 spiro atoms. The lowest BCUT2D eigenvalue weighted by molar-refractivity contribution is -0.0712. The maximum atomic E-state index is 13.6. The van der Waals surface area contributed by atoms with Gasteiger partial charge >= 0.3 is 0 Å². The Morgan fingerprint density at radius 3 is 2.17 bits per heavy atom. The molecule has 0 aliphatic heterocycles. The first kappa shape index (κ1) is 20.4. The van der Waals surface area contributed by atoms with Crippen LogP contribution in [0.2, 0.25) is 0 Å². The highest BCUT2D eigenvalue weighted by molar-refractivity contribution is 5.85. The smallest absolute Gasteiger partial charge is 0.289 e. The summed E-state index contributed by atoms with van der Waals surface area (Å²) in [6.07, 6.45) is 0. The van der Waals surface area contributed by atoms with Crippen molar-refractivity contribution >= 4 is 12.4 Å². The molecule has 2 aromatic rings. The number of ether oxygens (including phenoxy) is 1. The summed E-state index contributed by atoms with van der Waals surface area (Å²) in [6, 6.07) is 11.3. The van der Waals surface area contributed by atoms with Gasteiger partial charge in [0.05, 0.1) is 6.04 Å². The van der Waals surface area contributed by atoms with Crippen molar-refractivity contribution in [2.45, 2.75) is 32.4 Å². The second-order valence-corrected chi connectivity index (χ2v) is 5.65. The minimum atomic E-state index is -3.36. The molecule has 0 amide bonds. The number of halogens is 3. The van der Waals surface area contributed by atoms with Crippen LogP contribution >= 0.6 is 12.4 Å². The van der Waals surface area contributed by atoms with Gasteiger partial charge in [-0.25, -0.2) is 8.78 Å². The average Bonchev–Trinajstić information content (AvgIpc) is 2.54. The summed E-state index contributed by atoms with van der Waals surface area (Å²) >= 11 is 0. The van der Waals surface area contributed by atoms with Crippen molar-refractivity contribution in [3.63, 3.8) is 0 Å². The number of rotatable bonds is 6. The zero-order valence-electron chi connectivity index (χ0n) is 13.6. The molecule has 0 radical (unpaired) electrons. The van der Waals surface area contributed by atoms with E-state index in [1.165, 1.54) is 0 Å². The van der Waals surface area contributed by atoms with E-state index in [0.29, 0.717) is 12.4 Å². The van der Waals surface area contributed by atoms with E-state index < -0.39 is 18.6 Å². The van der Waals surface area contributed by atoms with Crippen LogP contribution in [0, 0.1) is 13.8 Å². The second kappa shape index (κ2) is 8.42.